The van der Waals surface area contributed by atoms with Crippen LogP contribution in [0, 0.1) is 0 Å². The van der Waals surface area contributed by atoms with E-state index < -0.39 is 0 Å². The molecular formula is C36H39N5O6. The van der Waals surface area contributed by atoms with E-state index in [1.165, 1.54) is 0 Å². The average Bonchev–Trinajstić information content (AvgIpc) is 3.10. The van der Waals surface area contributed by atoms with Crippen LogP contribution in [0.2, 0.25) is 0 Å². The summed E-state index contributed by atoms with van der Waals surface area (Å²) in [4.78, 5) is 30.8. The van der Waals surface area contributed by atoms with Gasteiger partial charge in [0.05, 0.1) is 45.2 Å². The number of ether oxygens (including phenoxy) is 4. The molecule has 2 amide bonds. The van der Waals surface area contributed by atoms with Crippen LogP contribution >= 0.6 is 0 Å². The Balaban J connectivity index is 1.27. The summed E-state index contributed by atoms with van der Waals surface area (Å²) in [6, 6.07) is 24.0. The fourth-order valence-electron chi connectivity index (χ4n) is 6.00. The lowest BCUT2D eigenvalue weighted by molar-refractivity contribution is -0.124. The first-order valence-corrected chi connectivity index (χ1v) is 15.8. The molecule has 0 radical (unpaired) electrons. The molecule has 6 rings (SSSR count). The van der Waals surface area contributed by atoms with Crippen LogP contribution in [0.1, 0.15) is 35.7 Å². The maximum absolute atomic E-state index is 13.6. The van der Waals surface area contributed by atoms with Gasteiger partial charge >= 0.3 is 0 Å². The Hall–Kier alpha value is -5.16. The van der Waals surface area contributed by atoms with E-state index in [-0.39, 0.29) is 30.5 Å². The van der Waals surface area contributed by atoms with Gasteiger partial charge in [0.1, 0.15) is 11.5 Å². The van der Waals surface area contributed by atoms with Crippen LogP contribution in [-0.2, 0) is 16.1 Å². The number of nitrogens with one attached hydrogen (secondary N) is 1. The largest absolute Gasteiger partial charge is 0.496 e. The highest BCUT2D eigenvalue weighted by Crippen LogP contribution is 2.34. The zero-order valence-electron chi connectivity index (χ0n) is 26.8. The minimum absolute atomic E-state index is 0.0727. The van der Waals surface area contributed by atoms with E-state index in [9.17, 15) is 9.59 Å². The molecule has 2 aliphatic heterocycles. The van der Waals surface area contributed by atoms with Gasteiger partial charge in [0.15, 0.2) is 17.3 Å². The zero-order chi connectivity index (χ0) is 32.8. The first-order chi connectivity index (χ1) is 22.9. The molecule has 3 heterocycles. The molecular weight excluding hydrogens is 598 g/mol. The molecule has 1 fully saturated rings. The molecule has 11 nitrogen and oxygen atoms in total. The van der Waals surface area contributed by atoms with Gasteiger partial charge in [-0.25, -0.2) is 0 Å². The van der Waals surface area contributed by atoms with Gasteiger partial charge in [0, 0.05) is 30.8 Å². The maximum atomic E-state index is 13.6. The molecule has 3 aromatic carbocycles. The van der Waals surface area contributed by atoms with Crippen LogP contribution in [0.15, 0.2) is 78.9 Å². The van der Waals surface area contributed by atoms with Crippen molar-refractivity contribution in [1.29, 1.82) is 0 Å². The normalized spacial score (nSPS) is 18.5. The zero-order valence-corrected chi connectivity index (χ0v) is 26.8. The summed E-state index contributed by atoms with van der Waals surface area (Å²) >= 11 is 0. The molecule has 4 bridgehead atoms. The number of amides is 2. The molecule has 1 saturated heterocycles. The predicted molar refractivity (Wildman–Crippen MR) is 177 cm³/mol. The standard InChI is InChI=1S/C36H39N5O6/c1-4-17-41-22-35(42)37-29-16-18-40(34-15-13-28(38-39-34)27-10-5-6-11-30(27)44-2)21-33(29)46-23-24-8-7-9-26(19-24)47-32-20-25(36(41)43)12-14-31(32)45-3/h5-15,19-20,29,33H,4,16-18,21-23H2,1-3H3,(H,37,42)/t29-,33-/m0/s1. The predicted octanol–water partition coefficient (Wildman–Crippen LogP) is 5.10. The van der Waals surface area contributed by atoms with Crippen LogP contribution in [0.25, 0.3) is 11.3 Å². The Bertz CT molecular complexity index is 1710. The van der Waals surface area contributed by atoms with Crippen molar-refractivity contribution in [2.45, 2.75) is 38.5 Å². The van der Waals surface area contributed by atoms with E-state index in [0.717, 1.165) is 22.7 Å². The molecule has 0 unspecified atom stereocenters. The maximum Gasteiger partial charge on any atom is 0.254 e. The number of fused-ring (bicyclic) bond motifs is 5. The molecule has 0 aliphatic carbocycles. The number of benzene rings is 3. The van der Waals surface area contributed by atoms with Crippen LogP contribution in [0.4, 0.5) is 5.82 Å². The van der Waals surface area contributed by atoms with Crippen molar-refractivity contribution in [2.75, 3.05) is 45.3 Å². The van der Waals surface area contributed by atoms with Crippen LogP contribution < -0.4 is 24.4 Å². The first-order valence-electron chi connectivity index (χ1n) is 15.8. The van der Waals surface area contributed by atoms with E-state index in [4.69, 9.17) is 18.9 Å². The van der Waals surface area contributed by atoms with E-state index in [1.807, 2.05) is 67.6 Å². The van der Waals surface area contributed by atoms with E-state index in [0.29, 0.717) is 67.6 Å². The van der Waals surface area contributed by atoms with Crippen molar-refractivity contribution < 1.29 is 28.5 Å². The minimum atomic E-state index is -0.357. The Morgan fingerprint density at radius 1 is 0.936 bits per heavy atom. The number of rotatable bonds is 6. The second-order valence-electron chi connectivity index (χ2n) is 11.6. The van der Waals surface area contributed by atoms with Crippen LogP contribution in [-0.4, -0.2) is 79.5 Å². The highest BCUT2D eigenvalue weighted by atomic mass is 16.5. The lowest BCUT2D eigenvalue weighted by Gasteiger charge is -2.39. The molecule has 0 spiro atoms. The monoisotopic (exact) mass is 637 g/mol. The fourth-order valence-corrected chi connectivity index (χ4v) is 6.00. The van der Waals surface area contributed by atoms with E-state index in [1.54, 1.807) is 37.3 Å². The average molecular weight is 638 g/mol. The fraction of sp³-hybridized carbons (Fsp3) is 0.333. The highest BCUT2D eigenvalue weighted by molar-refractivity contribution is 5.97. The van der Waals surface area contributed by atoms with Crippen molar-refractivity contribution in [3.05, 3.63) is 90.0 Å². The number of hydrogen-bond donors (Lipinski definition) is 1. The van der Waals surface area contributed by atoms with Gasteiger partial charge in [-0.05, 0) is 73.0 Å². The topological polar surface area (TPSA) is 115 Å². The van der Waals surface area contributed by atoms with Crippen molar-refractivity contribution in [3.8, 4) is 34.3 Å². The Morgan fingerprint density at radius 3 is 2.57 bits per heavy atom. The summed E-state index contributed by atoms with van der Waals surface area (Å²) in [6.07, 6.45) is 0.967. The van der Waals surface area contributed by atoms with Crippen molar-refractivity contribution in [3.63, 3.8) is 0 Å². The third kappa shape index (κ3) is 7.30. The first kappa shape index (κ1) is 31.8. The number of carbonyl (C=O) groups is 2. The number of methoxy groups -OCH3 is 2. The summed E-state index contributed by atoms with van der Waals surface area (Å²) < 4.78 is 23.7. The molecule has 1 N–H and O–H groups in total. The molecule has 1 aromatic heterocycles. The molecule has 244 valence electrons. The van der Waals surface area contributed by atoms with Crippen molar-refractivity contribution in [1.82, 2.24) is 20.4 Å². The lowest BCUT2D eigenvalue weighted by Crippen LogP contribution is -2.56. The quantitative estimate of drug-likeness (QED) is 0.308. The number of anilines is 1. The summed E-state index contributed by atoms with van der Waals surface area (Å²) in [6.45, 7) is 3.77. The molecule has 2 atom stereocenters. The number of para-hydroxylation sites is 1. The number of piperidine rings is 1. The summed E-state index contributed by atoms with van der Waals surface area (Å²) in [7, 11) is 3.19. The number of carbonyl (C=O) groups excluding carboxylic acids is 2. The Morgan fingerprint density at radius 2 is 1.79 bits per heavy atom. The second-order valence-corrected chi connectivity index (χ2v) is 11.6. The molecule has 47 heavy (non-hydrogen) atoms. The van der Waals surface area contributed by atoms with E-state index >= 15 is 0 Å². The lowest BCUT2D eigenvalue weighted by atomic mass is 10.0. The van der Waals surface area contributed by atoms with Gasteiger partial charge in [-0.3, -0.25) is 9.59 Å². The molecule has 4 aromatic rings. The summed E-state index contributed by atoms with van der Waals surface area (Å²) in [5, 5.41) is 12.2. The third-order valence-electron chi connectivity index (χ3n) is 8.38. The molecule has 2 aliphatic rings. The number of aromatic nitrogens is 2. The SMILES string of the molecule is CCCN1CC(=O)N[C@H]2CCN(c3ccc(-c4ccccc4OC)nn3)C[C@@H]2OCc2cccc(c2)Oc2cc(ccc2OC)C1=O. The van der Waals surface area contributed by atoms with Crippen LogP contribution in [0.5, 0.6) is 23.0 Å². The second kappa shape index (κ2) is 14.5. The minimum Gasteiger partial charge on any atom is -0.496 e. The van der Waals surface area contributed by atoms with E-state index in [2.05, 4.69) is 20.4 Å². The summed E-state index contributed by atoms with van der Waals surface area (Å²) in [5.41, 5.74) is 2.89. The smallest absolute Gasteiger partial charge is 0.254 e. The van der Waals surface area contributed by atoms with Gasteiger partial charge in [0.25, 0.3) is 5.91 Å². The highest BCUT2D eigenvalue weighted by Gasteiger charge is 2.33. The third-order valence-corrected chi connectivity index (χ3v) is 8.38. The molecule has 11 heteroatoms. The summed E-state index contributed by atoms with van der Waals surface area (Å²) in [5.74, 6) is 2.44. The molecule has 0 saturated carbocycles. The Kier molecular flexibility index (Phi) is 9.82. The van der Waals surface area contributed by atoms with Gasteiger partial charge in [-0.1, -0.05) is 31.2 Å². The van der Waals surface area contributed by atoms with Gasteiger partial charge in [-0.2, -0.15) is 0 Å². The number of nitrogens with zero attached hydrogens (tertiary/aromatic N) is 4. The van der Waals surface area contributed by atoms with Crippen molar-refractivity contribution in [2.24, 2.45) is 0 Å². The Labute approximate surface area is 274 Å². The van der Waals surface area contributed by atoms with Crippen LogP contribution in [0.3, 0.4) is 0 Å². The van der Waals surface area contributed by atoms with Crippen molar-refractivity contribution >= 4 is 17.6 Å². The van der Waals surface area contributed by atoms with Gasteiger partial charge in [-0.15, -0.1) is 10.2 Å². The number of hydrogen-bond acceptors (Lipinski definition) is 9. The van der Waals surface area contributed by atoms with Gasteiger partial charge in [0.2, 0.25) is 5.91 Å². The van der Waals surface area contributed by atoms with Gasteiger partial charge < -0.3 is 34.1 Å².